The molecule has 9 nitrogen and oxygen atoms in total. The van der Waals surface area contributed by atoms with Crippen LogP contribution in [0.4, 0.5) is 8.78 Å². The number of nitrogens with zero attached hydrogens (tertiary/aromatic N) is 7. The van der Waals surface area contributed by atoms with Gasteiger partial charge < -0.3 is 11.8 Å². The van der Waals surface area contributed by atoms with Crippen LogP contribution in [0.15, 0.2) is 49.2 Å². The van der Waals surface area contributed by atoms with E-state index in [1.165, 1.54) is 24.5 Å². The van der Waals surface area contributed by atoms with Gasteiger partial charge in [-0.25, -0.2) is 18.8 Å². The Morgan fingerprint density at radius 1 is 0.818 bits per heavy atom. The molecule has 4 aliphatic rings. The van der Waals surface area contributed by atoms with E-state index in [1.807, 2.05) is 50.0 Å². The van der Waals surface area contributed by atoms with Gasteiger partial charge in [0.25, 0.3) is 0 Å². The number of hydrazine groups is 2. The van der Waals surface area contributed by atoms with Crippen molar-refractivity contribution in [3.05, 3.63) is 78.5 Å². The molecule has 2 aromatic heterocycles. The van der Waals surface area contributed by atoms with Gasteiger partial charge in [-0.2, -0.15) is 0 Å². The van der Waals surface area contributed by atoms with Crippen LogP contribution in [0, 0.1) is 34.3 Å². The number of rotatable bonds is 2. The molecule has 0 N–H and O–H groups in total. The average molecular weight is 612 g/mol. The van der Waals surface area contributed by atoms with Crippen LogP contribution < -0.4 is 29.6 Å². The Morgan fingerprint density at radius 2 is 1.34 bits per heavy atom. The summed E-state index contributed by atoms with van der Waals surface area (Å²) >= 11 is 0. The van der Waals surface area contributed by atoms with Crippen molar-refractivity contribution in [2.45, 2.75) is 71.9 Å². The third-order valence-corrected chi connectivity index (χ3v) is 8.40. The maximum atomic E-state index is 13.4. The minimum absolute atomic E-state index is 0. The van der Waals surface area contributed by atoms with Crippen LogP contribution >= 0.6 is 0 Å². The molecule has 0 spiro atoms. The van der Waals surface area contributed by atoms with Gasteiger partial charge in [-0.15, -0.1) is 0 Å². The van der Waals surface area contributed by atoms with E-state index >= 15 is 0 Å². The van der Waals surface area contributed by atoms with Gasteiger partial charge in [0.2, 0.25) is 11.8 Å². The summed E-state index contributed by atoms with van der Waals surface area (Å²) in [6.07, 6.45) is 14.1. The molecule has 2 unspecified atom stereocenters. The molecule has 6 heterocycles. The summed E-state index contributed by atoms with van der Waals surface area (Å²) in [6.45, 7) is 15.2. The molecule has 6 rings (SSSR count). The molecule has 0 aromatic carbocycles. The summed E-state index contributed by atoms with van der Waals surface area (Å²) in [5.41, 5.74) is 0.756. The van der Waals surface area contributed by atoms with Crippen molar-refractivity contribution in [1.82, 2.24) is 30.0 Å². The number of aromatic nitrogens is 2. The van der Waals surface area contributed by atoms with Crippen LogP contribution in [0.2, 0.25) is 0 Å². The maximum Gasteiger partial charge on any atom is 1.00 e. The van der Waals surface area contributed by atoms with E-state index < -0.39 is 0 Å². The van der Waals surface area contributed by atoms with Crippen LogP contribution in [0.1, 0.15) is 83.0 Å². The third-order valence-electron chi connectivity index (χ3n) is 8.40. The van der Waals surface area contributed by atoms with E-state index in [4.69, 9.17) is 11.8 Å². The minimum Gasteiger partial charge on any atom is -0.512 e. The van der Waals surface area contributed by atoms with Gasteiger partial charge in [0.1, 0.15) is 11.6 Å². The summed E-state index contributed by atoms with van der Waals surface area (Å²) in [5, 5.41) is 13.9. The summed E-state index contributed by atoms with van der Waals surface area (Å²) in [4.78, 5) is 33.3. The summed E-state index contributed by atoms with van der Waals surface area (Å²) in [6, 6.07) is 2.59. The first-order valence-corrected chi connectivity index (χ1v) is 14.3. The van der Waals surface area contributed by atoms with Crippen LogP contribution in [0.5, 0.6) is 0 Å². The molecule has 0 bridgehead atoms. The average Bonchev–Trinajstić information content (AvgIpc) is 3.52. The van der Waals surface area contributed by atoms with Gasteiger partial charge in [-0.05, 0) is 55.9 Å². The molecular weight excluding hydrogens is 574 g/mol. The Bertz CT molecular complexity index is 1340. The number of halogens is 2. The monoisotopic (exact) mass is 612 g/mol. The molecule has 2 aromatic rings. The Hall–Kier alpha value is -2.85. The molecule has 2 amide bonds. The first-order chi connectivity index (χ1) is 20.0. The number of carbonyl (C=O) groups excluding carboxylic acids is 2. The molecule has 3 radical (unpaired) electrons. The zero-order chi connectivity index (χ0) is 30.7. The standard InChI is InChI=1S/C15H20FN3O.C15H18FN3O.CN.B.Na/c2*1-15(2)5-3-6-18-7-4-13(19(18)14(15)20)11-8-12(16)10-17-9-11;1-2;;/h8-10,13H,3-7H2,1-2H3;4,7-10,13H,3,5-6H2,1-2H3;;;/q;;-1;;+1. The zero-order valence-corrected chi connectivity index (χ0v) is 28.2. The smallest absolute Gasteiger partial charge is 0.512 e. The van der Waals surface area contributed by atoms with Gasteiger partial charge in [-0.1, -0.05) is 27.7 Å². The Kier molecular flexibility index (Phi) is 13.1. The maximum absolute atomic E-state index is 13.4. The summed E-state index contributed by atoms with van der Waals surface area (Å²) in [5.74, 6) is -0.505. The molecular formula is C31H38BF2N7NaO2. The number of amides is 2. The minimum atomic E-state index is -0.389. The van der Waals surface area contributed by atoms with Gasteiger partial charge in [0.05, 0.1) is 24.5 Å². The number of carbonyl (C=O) groups is 2. The molecule has 3 fully saturated rings. The molecule has 227 valence electrons. The van der Waals surface area contributed by atoms with Crippen molar-refractivity contribution in [2.75, 3.05) is 19.6 Å². The van der Waals surface area contributed by atoms with Crippen molar-refractivity contribution in [1.29, 1.82) is 5.26 Å². The molecule has 0 saturated carbocycles. The van der Waals surface area contributed by atoms with Gasteiger partial charge in [-0.3, -0.25) is 29.6 Å². The number of hydrogen-bond acceptors (Lipinski definition) is 7. The molecule has 44 heavy (non-hydrogen) atoms. The van der Waals surface area contributed by atoms with Crippen molar-refractivity contribution in [3.63, 3.8) is 0 Å². The predicted octanol–water partition coefficient (Wildman–Crippen LogP) is 1.91. The summed E-state index contributed by atoms with van der Waals surface area (Å²) < 4.78 is 26.8. The van der Waals surface area contributed by atoms with E-state index in [2.05, 4.69) is 15.0 Å². The fourth-order valence-corrected chi connectivity index (χ4v) is 6.09. The second kappa shape index (κ2) is 15.4. The molecule has 2 atom stereocenters. The van der Waals surface area contributed by atoms with E-state index in [-0.39, 0.29) is 84.3 Å². The van der Waals surface area contributed by atoms with E-state index in [0.29, 0.717) is 5.56 Å². The van der Waals surface area contributed by atoms with Crippen molar-refractivity contribution in [3.8, 4) is 0 Å². The van der Waals surface area contributed by atoms with Crippen molar-refractivity contribution in [2.24, 2.45) is 10.8 Å². The predicted molar refractivity (Wildman–Crippen MR) is 156 cm³/mol. The van der Waals surface area contributed by atoms with Crippen LogP contribution in [-0.2, 0) is 9.59 Å². The number of pyridine rings is 2. The Morgan fingerprint density at radius 3 is 1.93 bits per heavy atom. The normalized spacial score (nSPS) is 23.3. The first-order valence-electron chi connectivity index (χ1n) is 14.3. The Balaban J connectivity index is 0.000000279. The van der Waals surface area contributed by atoms with Gasteiger partial charge in [0, 0.05) is 63.0 Å². The van der Waals surface area contributed by atoms with Crippen LogP contribution in [-0.4, -0.2) is 69.9 Å². The fraction of sp³-hybridized carbons (Fsp3) is 0.516. The molecule has 4 aliphatic heterocycles. The first kappa shape index (κ1) is 37.3. The third kappa shape index (κ3) is 7.86. The van der Waals surface area contributed by atoms with Crippen molar-refractivity contribution >= 4 is 20.2 Å². The van der Waals surface area contributed by atoms with Crippen LogP contribution in [0.3, 0.4) is 0 Å². The van der Waals surface area contributed by atoms with Crippen LogP contribution in [0.25, 0.3) is 0 Å². The topological polar surface area (TPSA) is 96.7 Å². The molecule has 0 aliphatic carbocycles. The van der Waals surface area contributed by atoms with Gasteiger partial charge >= 0.3 is 29.6 Å². The van der Waals surface area contributed by atoms with E-state index in [1.54, 1.807) is 17.4 Å². The zero-order valence-electron chi connectivity index (χ0n) is 26.2. The van der Waals surface area contributed by atoms with E-state index in [0.717, 1.165) is 57.3 Å². The fourth-order valence-electron chi connectivity index (χ4n) is 6.09. The number of fused-ring (bicyclic) bond motifs is 2. The molecule has 13 heteroatoms. The SMILES string of the molecule is CC1(C)CCCN2C=CC(c3cncc(F)c3)N2C1=O.CC1(C)CCCN2CCC(c3cncc(F)c3)N2C1=O.[B].[C-]#N.[Na+]. The van der Waals surface area contributed by atoms with Crippen molar-refractivity contribution < 1.29 is 47.9 Å². The second-order valence-electron chi connectivity index (χ2n) is 12.4. The largest absolute Gasteiger partial charge is 1.00 e. The molecule has 3 saturated heterocycles. The summed E-state index contributed by atoms with van der Waals surface area (Å²) in [7, 11) is 0. The Labute approximate surface area is 283 Å². The van der Waals surface area contributed by atoms with Gasteiger partial charge in [0.15, 0.2) is 0 Å². The van der Waals surface area contributed by atoms with E-state index in [9.17, 15) is 18.4 Å². The number of hydrogen-bond donors (Lipinski definition) is 0. The quantitative estimate of drug-likeness (QED) is 0.378. The second-order valence-corrected chi connectivity index (χ2v) is 12.4.